The molecule has 4 heteroatoms. The summed E-state index contributed by atoms with van der Waals surface area (Å²) in [5, 5.41) is 0. The minimum atomic E-state index is 0. The second kappa shape index (κ2) is 59.8. The Bertz CT molecular complexity index is 8.00. The van der Waals surface area contributed by atoms with Gasteiger partial charge >= 0.3 is 0 Å². The van der Waals surface area contributed by atoms with Crippen molar-refractivity contribution >= 4 is 28.0 Å². The van der Waals surface area contributed by atoms with Gasteiger partial charge in [-0.1, -0.05) is 0 Å². The number of hydrogen-bond donors (Lipinski definition) is 1. The maximum atomic E-state index is 8.06. The third-order valence-corrected chi connectivity index (χ3v) is 0. The van der Waals surface area contributed by atoms with E-state index in [1.165, 1.54) is 0 Å². The molecule has 21 valence electrons. The SMILES string of the molecule is N.O=P.[Li]. The number of rotatable bonds is 0. The van der Waals surface area contributed by atoms with E-state index in [0.29, 0.717) is 0 Å². The fourth-order valence-electron chi connectivity index (χ4n) is 0. The van der Waals surface area contributed by atoms with Gasteiger partial charge in [0.15, 0.2) is 0 Å². The predicted octanol–water partition coefficient (Wildman–Crippen LogP) is 0.256. The normalized spacial score (nSPS) is 1.00. The quantitative estimate of drug-likeness (QED) is 0.329. The van der Waals surface area contributed by atoms with E-state index in [-0.39, 0.29) is 25.0 Å². The molecule has 0 bridgehead atoms. The van der Waals surface area contributed by atoms with Crippen molar-refractivity contribution in [3.8, 4) is 0 Å². The smallest absolute Gasteiger partial charge is 0.138 e. The van der Waals surface area contributed by atoms with Gasteiger partial charge in [0.25, 0.3) is 0 Å². The average molecular weight is 72.0 g/mol. The minimum absolute atomic E-state index is 0. The standard InChI is InChI=1S/Li.H3N.HOP/c;;1-2/h;1H3;2H. The first kappa shape index (κ1) is 22.7. The molecule has 0 spiro atoms. The molecule has 0 aromatic heterocycles. The van der Waals surface area contributed by atoms with Crippen LogP contribution in [0.25, 0.3) is 0 Å². The molecule has 3 N–H and O–H groups in total. The van der Waals surface area contributed by atoms with Crippen molar-refractivity contribution in [2.45, 2.75) is 0 Å². The van der Waals surface area contributed by atoms with Crippen molar-refractivity contribution in [3.05, 3.63) is 0 Å². The Kier molecular flexibility index (Phi) is 339. The summed E-state index contributed by atoms with van der Waals surface area (Å²) in [6, 6.07) is 0. The molecule has 0 rings (SSSR count). The molecule has 1 radical (unpaired) electrons. The summed E-state index contributed by atoms with van der Waals surface area (Å²) in [6.07, 6.45) is 0. The molecule has 0 aliphatic carbocycles. The van der Waals surface area contributed by atoms with Crippen LogP contribution in [0.2, 0.25) is 0 Å². The molecule has 0 aromatic rings. The summed E-state index contributed by atoms with van der Waals surface area (Å²) in [5.74, 6) is 0. The third-order valence-electron chi connectivity index (χ3n) is 0. The Labute approximate surface area is 39.3 Å². The molecule has 4 heavy (non-hydrogen) atoms. The Hall–Kier alpha value is 0.657. The molecule has 0 unspecified atom stereocenters. The van der Waals surface area contributed by atoms with Gasteiger partial charge in [-0.3, -0.25) is 4.57 Å². The van der Waals surface area contributed by atoms with Gasteiger partial charge in [0.2, 0.25) is 0 Å². The molecular weight excluding hydrogens is 67.9 g/mol. The van der Waals surface area contributed by atoms with Crippen LogP contribution in [0.1, 0.15) is 0 Å². The third kappa shape index (κ3) is 16.9. The Balaban J connectivity index is -0.00000000500. The Morgan fingerprint density at radius 3 is 1.25 bits per heavy atom. The van der Waals surface area contributed by atoms with Gasteiger partial charge < -0.3 is 6.15 Å². The van der Waals surface area contributed by atoms with E-state index in [2.05, 4.69) is 0 Å². The van der Waals surface area contributed by atoms with E-state index in [4.69, 9.17) is 4.57 Å². The van der Waals surface area contributed by atoms with Crippen LogP contribution >= 0.6 is 9.12 Å². The van der Waals surface area contributed by atoms with E-state index in [1.807, 2.05) is 0 Å². The van der Waals surface area contributed by atoms with Crippen LogP contribution in [0.3, 0.4) is 0 Å². The van der Waals surface area contributed by atoms with Crippen LogP contribution < -0.4 is 6.15 Å². The summed E-state index contributed by atoms with van der Waals surface area (Å²) >= 11 is 0. The monoisotopic (exact) mass is 72.0 g/mol. The first-order valence-corrected chi connectivity index (χ1v) is 0.612. The van der Waals surface area contributed by atoms with Crippen LogP contribution in [0.5, 0.6) is 0 Å². The van der Waals surface area contributed by atoms with Crippen molar-refractivity contribution < 1.29 is 4.57 Å². The van der Waals surface area contributed by atoms with E-state index in [9.17, 15) is 0 Å². The fourth-order valence-corrected chi connectivity index (χ4v) is 0. The molecule has 0 amide bonds. The van der Waals surface area contributed by atoms with E-state index in [1.54, 1.807) is 9.12 Å². The van der Waals surface area contributed by atoms with Crippen LogP contribution in [0.4, 0.5) is 0 Å². The van der Waals surface area contributed by atoms with E-state index < -0.39 is 0 Å². The zero-order valence-electron chi connectivity index (χ0n) is 2.62. The molecule has 0 saturated carbocycles. The van der Waals surface area contributed by atoms with Crippen molar-refractivity contribution in [2.24, 2.45) is 0 Å². The molecule has 0 saturated heterocycles. The van der Waals surface area contributed by atoms with Gasteiger partial charge in [0.1, 0.15) is 9.12 Å². The van der Waals surface area contributed by atoms with Crippen LogP contribution in [0.15, 0.2) is 0 Å². The molecular formula is H4LiNOP. The summed E-state index contributed by atoms with van der Waals surface area (Å²) in [7, 11) is 1.72. The zero-order chi connectivity index (χ0) is 2.00. The Morgan fingerprint density at radius 2 is 1.25 bits per heavy atom. The molecule has 0 aromatic carbocycles. The van der Waals surface area contributed by atoms with Gasteiger partial charge in [-0.25, -0.2) is 0 Å². The summed E-state index contributed by atoms with van der Waals surface area (Å²) in [4.78, 5) is 0. The first-order valence-electron chi connectivity index (χ1n) is 0.204. The fraction of sp³-hybridized carbons (Fsp3) is 0. The van der Waals surface area contributed by atoms with Crippen molar-refractivity contribution in [1.82, 2.24) is 6.15 Å². The predicted molar refractivity (Wildman–Crippen MR) is 19.8 cm³/mol. The summed E-state index contributed by atoms with van der Waals surface area (Å²) in [6.45, 7) is 0. The largest absolute Gasteiger partial charge is 0.344 e. The second-order valence-electron chi connectivity index (χ2n) is 0. The van der Waals surface area contributed by atoms with Crippen LogP contribution in [-0.4, -0.2) is 18.9 Å². The molecule has 0 aliphatic heterocycles. The van der Waals surface area contributed by atoms with Gasteiger partial charge in [-0.2, -0.15) is 0 Å². The molecule has 0 atom stereocenters. The van der Waals surface area contributed by atoms with Crippen molar-refractivity contribution in [1.29, 1.82) is 0 Å². The summed E-state index contributed by atoms with van der Waals surface area (Å²) in [5.41, 5.74) is 0. The first-order chi connectivity index (χ1) is 1.00. The zero-order valence-corrected chi connectivity index (χ0v) is 3.62. The van der Waals surface area contributed by atoms with Crippen LogP contribution in [0, 0.1) is 0 Å². The molecule has 0 aliphatic rings. The maximum Gasteiger partial charge on any atom is 0.138 e. The van der Waals surface area contributed by atoms with Gasteiger partial charge in [0, 0.05) is 18.9 Å². The number of hydrogen-bond acceptors (Lipinski definition) is 2. The molecule has 2 nitrogen and oxygen atoms in total. The Morgan fingerprint density at radius 1 is 1.25 bits per heavy atom. The van der Waals surface area contributed by atoms with Crippen molar-refractivity contribution in [3.63, 3.8) is 0 Å². The average Bonchev–Trinajstić information content (AvgIpc) is 1.00. The van der Waals surface area contributed by atoms with Crippen LogP contribution in [-0.2, 0) is 4.57 Å². The molecule has 0 heterocycles. The van der Waals surface area contributed by atoms with Gasteiger partial charge in [-0.05, 0) is 0 Å². The van der Waals surface area contributed by atoms with E-state index in [0.717, 1.165) is 0 Å². The molecule has 0 fully saturated rings. The van der Waals surface area contributed by atoms with E-state index >= 15 is 0 Å². The maximum absolute atomic E-state index is 8.06. The summed E-state index contributed by atoms with van der Waals surface area (Å²) < 4.78 is 8.06. The van der Waals surface area contributed by atoms with Crippen molar-refractivity contribution in [2.75, 3.05) is 0 Å². The minimum Gasteiger partial charge on any atom is -0.344 e. The topological polar surface area (TPSA) is 52.1 Å². The second-order valence-corrected chi connectivity index (χ2v) is 0. The van der Waals surface area contributed by atoms with Gasteiger partial charge in [-0.15, -0.1) is 0 Å². The van der Waals surface area contributed by atoms with Gasteiger partial charge in [0.05, 0.1) is 0 Å².